The van der Waals surface area contributed by atoms with Crippen LogP contribution in [0.3, 0.4) is 0 Å². The van der Waals surface area contributed by atoms with E-state index >= 15 is 0 Å². The first-order valence-electron chi connectivity index (χ1n) is 5.38. The minimum atomic E-state index is -0.360. The molecule has 17 heavy (non-hydrogen) atoms. The van der Waals surface area contributed by atoms with Gasteiger partial charge in [-0.1, -0.05) is 18.2 Å². The molecular weight excluding hydrogens is 245 g/mol. The smallest absolute Gasteiger partial charge is 0.224 e. The quantitative estimate of drug-likeness (QED) is 0.598. The Morgan fingerprint density at radius 1 is 1.35 bits per heavy atom. The molecule has 0 bridgehead atoms. The van der Waals surface area contributed by atoms with Gasteiger partial charge in [-0.05, 0) is 11.6 Å². The van der Waals surface area contributed by atoms with E-state index in [1.54, 1.807) is 18.2 Å². The Balaban J connectivity index is 2.23. The average Bonchev–Trinajstić information content (AvgIpc) is 2.32. The SMILES string of the molecule is O=C(Cc1ccccc1F)NCCOCCCl. The zero-order chi connectivity index (χ0) is 12.5. The predicted molar refractivity (Wildman–Crippen MR) is 64.7 cm³/mol. The molecule has 0 unspecified atom stereocenters. The summed E-state index contributed by atoms with van der Waals surface area (Å²) >= 11 is 5.41. The van der Waals surface area contributed by atoms with Gasteiger partial charge in [0.1, 0.15) is 5.82 Å². The van der Waals surface area contributed by atoms with Crippen molar-refractivity contribution in [2.45, 2.75) is 6.42 Å². The van der Waals surface area contributed by atoms with E-state index in [0.717, 1.165) is 0 Å². The van der Waals surface area contributed by atoms with Crippen molar-refractivity contribution in [3.05, 3.63) is 35.6 Å². The molecule has 0 atom stereocenters. The van der Waals surface area contributed by atoms with E-state index in [4.69, 9.17) is 16.3 Å². The van der Waals surface area contributed by atoms with Gasteiger partial charge >= 0.3 is 0 Å². The van der Waals surface area contributed by atoms with Gasteiger partial charge < -0.3 is 10.1 Å². The summed E-state index contributed by atoms with van der Waals surface area (Å²) in [6, 6.07) is 6.23. The number of ether oxygens (including phenoxy) is 1. The number of carbonyl (C=O) groups excluding carboxylic acids is 1. The lowest BCUT2D eigenvalue weighted by molar-refractivity contribution is -0.120. The van der Waals surface area contributed by atoms with Crippen molar-refractivity contribution in [1.82, 2.24) is 5.32 Å². The van der Waals surface area contributed by atoms with Crippen LogP contribution in [0.1, 0.15) is 5.56 Å². The van der Waals surface area contributed by atoms with E-state index in [-0.39, 0.29) is 18.1 Å². The number of nitrogens with one attached hydrogen (secondary N) is 1. The van der Waals surface area contributed by atoms with E-state index in [0.29, 0.717) is 31.2 Å². The van der Waals surface area contributed by atoms with Gasteiger partial charge in [-0.15, -0.1) is 11.6 Å². The summed E-state index contributed by atoms with van der Waals surface area (Å²) in [5.74, 6) is -0.144. The number of hydrogen-bond acceptors (Lipinski definition) is 2. The van der Waals surface area contributed by atoms with Crippen LogP contribution in [0, 0.1) is 5.82 Å². The molecule has 1 aromatic rings. The van der Waals surface area contributed by atoms with Crippen LogP contribution in [0.5, 0.6) is 0 Å². The fourth-order valence-electron chi connectivity index (χ4n) is 1.30. The molecule has 0 radical (unpaired) electrons. The Hall–Kier alpha value is -1.13. The topological polar surface area (TPSA) is 38.3 Å². The molecule has 1 N–H and O–H groups in total. The zero-order valence-electron chi connectivity index (χ0n) is 9.42. The molecule has 5 heteroatoms. The molecule has 0 heterocycles. The Kier molecular flexibility index (Phi) is 6.58. The number of hydrogen-bond donors (Lipinski definition) is 1. The van der Waals surface area contributed by atoms with E-state index in [1.807, 2.05) is 0 Å². The molecule has 1 amide bonds. The lowest BCUT2D eigenvalue weighted by Crippen LogP contribution is -2.29. The number of halogens is 2. The van der Waals surface area contributed by atoms with E-state index in [1.165, 1.54) is 6.07 Å². The molecule has 0 fully saturated rings. The predicted octanol–water partition coefficient (Wildman–Crippen LogP) is 1.74. The Labute approximate surface area is 105 Å². The highest BCUT2D eigenvalue weighted by Crippen LogP contribution is 2.06. The monoisotopic (exact) mass is 259 g/mol. The zero-order valence-corrected chi connectivity index (χ0v) is 10.2. The number of amides is 1. The van der Waals surface area contributed by atoms with E-state index in [2.05, 4.69) is 5.32 Å². The third-order valence-corrected chi connectivity index (χ3v) is 2.25. The molecular formula is C12H15ClFNO2. The minimum absolute atomic E-state index is 0.0438. The van der Waals surface area contributed by atoms with Gasteiger partial charge in [-0.25, -0.2) is 4.39 Å². The molecule has 0 saturated heterocycles. The van der Waals surface area contributed by atoms with Gasteiger partial charge in [0.15, 0.2) is 0 Å². The Bertz CT molecular complexity index is 360. The fourth-order valence-corrected chi connectivity index (χ4v) is 1.41. The van der Waals surface area contributed by atoms with Crippen molar-refractivity contribution < 1.29 is 13.9 Å². The highest BCUT2D eigenvalue weighted by Gasteiger charge is 2.06. The van der Waals surface area contributed by atoms with Crippen LogP contribution in [0.2, 0.25) is 0 Å². The maximum Gasteiger partial charge on any atom is 0.224 e. The Morgan fingerprint density at radius 3 is 2.82 bits per heavy atom. The summed E-state index contributed by atoms with van der Waals surface area (Å²) < 4.78 is 18.3. The summed E-state index contributed by atoms with van der Waals surface area (Å²) in [6.07, 6.45) is 0.0438. The third-order valence-electron chi connectivity index (χ3n) is 2.10. The number of benzene rings is 1. The molecule has 0 aliphatic rings. The van der Waals surface area contributed by atoms with Gasteiger partial charge in [0.2, 0.25) is 5.91 Å². The molecule has 0 spiro atoms. The highest BCUT2D eigenvalue weighted by molar-refractivity contribution is 6.17. The largest absolute Gasteiger partial charge is 0.378 e. The maximum atomic E-state index is 13.2. The summed E-state index contributed by atoms with van der Waals surface area (Å²) in [6.45, 7) is 1.28. The number of carbonyl (C=O) groups is 1. The van der Waals surface area contributed by atoms with Gasteiger partial charge in [0.25, 0.3) is 0 Å². The normalized spacial score (nSPS) is 10.2. The van der Waals surface area contributed by atoms with Crippen LogP contribution in [0.25, 0.3) is 0 Å². The summed E-state index contributed by atoms with van der Waals surface area (Å²) in [7, 11) is 0. The van der Waals surface area contributed by atoms with Crippen molar-refractivity contribution in [3.8, 4) is 0 Å². The highest BCUT2D eigenvalue weighted by atomic mass is 35.5. The summed E-state index contributed by atoms with van der Waals surface area (Å²) in [4.78, 5) is 11.4. The second-order valence-electron chi connectivity index (χ2n) is 3.42. The first kappa shape index (κ1) is 13.9. The van der Waals surface area contributed by atoms with Gasteiger partial charge in [-0.3, -0.25) is 4.79 Å². The van der Waals surface area contributed by atoms with Crippen LogP contribution in [0.15, 0.2) is 24.3 Å². The first-order chi connectivity index (χ1) is 8.24. The maximum absolute atomic E-state index is 13.2. The molecule has 0 aliphatic heterocycles. The van der Waals surface area contributed by atoms with Crippen molar-refractivity contribution in [2.24, 2.45) is 0 Å². The van der Waals surface area contributed by atoms with Gasteiger partial charge in [-0.2, -0.15) is 0 Å². The fraction of sp³-hybridized carbons (Fsp3) is 0.417. The van der Waals surface area contributed by atoms with Crippen molar-refractivity contribution >= 4 is 17.5 Å². The molecule has 0 saturated carbocycles. The lowest BCUT2D eigenvalue weighted by Gasteiger charge is -2.06. The summed E-state index contributed by atoms with van der Waals surface area (Å²) in [5, 5.41) is 2.64. The van der Waals surface area contributed by atoms with Crippen LogP contribution in [0.4, 0.5) is 4.39 Å². The molecule has 1 aromatic carbocycles. The molecule has 1 rings (SSSR count). The Morgan fingerprint density at radius 2 is 2.12 bits per heavy atom. The second kappa shape index (κ2) is 8.03. The van der Waals surface area contributed by atoms with Crippen LogP contribution >= 0.6 is 11.6 Å². The molecule has 0 aromatic heterocycles. The number of rotatable bonds is 7. The molecule has 0 aliphatic carbocycles. The van der Waals surface area contributed by atoms with Crippen molar-refractivity contribution in [3.63, 3.8) is 0 Å². The van der Waals surface area contributed by atoms with Gasteiger partial charge in [0.05, 0.1) is 19.6 Å². The van der Waals surface area contributed by atoms with Gasteiger partial charge in [0, 0.05) is 12.4 Å². The van der Waals surface area contributed by atoms with Crippen molar-refractivity contribution in [1.29, 1.82) is 0 Å². The van der Waals surface area contributed by atoms with E-state index in [9.17, 15) is 9.18 Å². The number of alkyl halides is 1. The van der Waals surface area contributed by atoms with Crippen molar-refractivity contribution in [2.75, 3.05) is 25.6 Å². The van der Waals surface area contributed by atoms with Crippen LogP contribution in [-0.2, 0) is 16.0 Å². The lowest BCUT2D eigenvalue weighted by atomic mass is 10.1. The standard InChI is InChI=1S/C12H15ClFNO2/c13-5-7-17-8-6-15-12(16)9-10-3-1-2-4-11(10)14/h1-4H,5-9H2,(H,15,16). The first-order valence-corrected chi connectivity index (χ1v) is 5.91. The minimum Gasteiger partial charge on any atom is -0.378 e. The average molecular weight is 260 g/mol. The van der Waals surface area contributed by atoms with Crippen LogP contribution in [-0.4, -0.2) is 31.5 Å². The van der Waals surface area contributed by atoms with Crippen LogP contribution < -0.4 is 5.32 Å². The van der Waals surface area contributed by atoms with E-state index < -0.39 is 0 Å². The molecule has 3 nitrogen and oxygen atoms in total. The third kappa shape index (κ3) is 5.65. The summed E-state index contributed by atoms with van der Waals surface area (Å²) in [5.41, 5.74) is 0.395. The molecule has 94 valence electrons. The second-order valence-corrected chi connectivity index (χ2v) is 3.80.